The van der Waals surface area contributed by atoms with Crippen molar-refractivity contribution in [3.63, 3.8) is 0 Å². The lowest BCUT2D eigenvalue weighted by atomic mass is 10.0. The zero-order valence-corrected chi connectivity index (χ0v) is 11.2. The molecule has 2 unspecified atom stereocenters. The van der Waals surface area contributed by atoms with Crippen LogP contribution in [0.3, 0.4) is 0 Å². The number of aryl methyl sites for hydroxylation is 1. The Kier molecular flexibility index (Phi) is 3.97. The zero-order chi connectivity index (χ0) is 12.3. The molecule has 1 aliphatic carbocycles. The molecule has 0 bridgehead atoms. The fraction of sp³-hybridized carbons (Fsp3) is 0.714. The largest absolute Gasteiger partial charge is 0.373 e. The van der Waals surface area contributed by atoms with Crippen molar-refractivity contribution >= 4 is 5.82 Å². The van der Waals surface area contributed by atoms with Crippen LogP contribution in [0.2, 0.25) is 0 Å². The summed E-state index contributed by atoms with van der Waals surface area (Å²) in [5, 5.41) is 3.14. The third kappa shape index (κ3) is 2.76. The van der Waals surface area contributed by atoms with Gasteiger partial charge in [-0.1, -0.05) is 20.3 Å². The van der Waals surface area contributed by atoms with Crippen molar-refractivity contribution in [2.45, 2.75) is 51.9 Å². The Morgan fingerprint density at radius 1 is 1.29 bits per heavy atom. The van der Waals surface area contributed by atoms with Crippen LogP contribution in [0.1, 0.15) is 57.0 Å². The van der Waals surface area contributed by atoms with Crippen LogP contribution in [0.15, 0.2) is 6.07 Å². The van der Waals surface area contributed by atoms with Gasteiger partial charge in [0.25, 0.3) is 0 Å². The molecule has 2 rings (SSSR count). The smallest absolute Gasteiger partial charge is 0.134 e. The topological polar surface area (TPSA) is 37.8 Å². The van der Waals surface area contributed by atoms with E-state index in [2.05, 4.69) is 30.2 Å². The van der Waals surface area contributed by atoms with E-state index in [4.69, 9.17) is 4.98 Å². The van der Waals surface area contributed by atoms with Crippen LogP contribution in [-0.4, -0.2) is 17.0 Å². The van der Waals surface area contributed by atoms with E-state index in [-0.39, 0.29) is 0 Å². The molecule has 2 atom stereocenters. The average Bonchev–Trinajstić information content (AvgIpc) is 2.86. The van der Waals surface area contributed by atoms with Gasteiger partial charge in [0.05, 0.1) is 0 Å². The number of aromatic nitrogens is 2. The number of rotatable bonds is 4. The van der Waals surface area contributed by atoms with Crippen molar-refractivity contribution in [2.75, 3.05) is 12.4 Å². The molecule has 94 valence electrons. The van der Waals surface area contributed by atoms with Crippen molar-refractivity contribution in [1.82, 2.24) is 9.97 Å². The molecule has 17 heavy (non-hydrogen) atoms. The maximum absolute atomic E-state index is 4.70. The standard InChI is InChI=1S/C14H23N3/c1-4-10-6-7-11(8-10)14-16-12(5-2)9-13(15-3)17-14/h9-11H,4-8H2,1-3H3,(H,15,16,17). The van der Waals surface area contributed by atoms with Gasteiger partial charge in [-0.25, -0.2) is 9.97 Å². The number of nitrogens with one attached hydrogen (secondary N) is 1. The van der Waals surface area contributed by atoms with Crippen molar-refractivity contribution in [3.05, 3.63) is 17.6 Å². The SMILES string of the molecule is CCc1cc(NC)nc(C2CCC(CC)C2)n1. The van der Waals surface area contributed by atoms with Gasteiger partial charge in [0, 0.05) is 24.7 Å². The van der Waals surface area contributed by atoms with Gasteiger partial charge in [-0.3, -0.25) is 0 Å². The predicted octanol–water partition coefficient (Wildman–Crippen LogP) is 3.37. The van der Waals surface area contributed by atoms with E-state index in [0.29, 0.717) is 5.92 Å². The molecule has 1 aliphatic rings. The monoisotopic (exact) mass is 233 g/mol. The minimum absolute atomic E-state index is 0.582. The van der Waals surface area contributed by atoms with Crippen molar-refractivity contribution in [2.24, 2.45) is 5.92 Å². The molecule has 0 aromatic carbocycles. The summed E-state index contributed by atoms with van der Waals surface area (Å²) in [5.41, 5.74) is 1.15. The minimum atomic E-state index is 0.582. The molecular weight excluding hydrogens is 210 g/mol. The van der Waals surface area contributed by atoms with Gasteiger partial charge in [-0.05, 0) is 31.6 Å². The van der Waals surface area contributed by atoms with Gasteiger partial charge in [-0.2, -0.15) is 0 Å². The second kappa shape index (κ2) is 5.48. The Labute approximate surface area is 104 Å². The molecule has 0 saturated heterocycles. The lowest BCUT2D eigenvalue weighted by molar-refractivity contribution is 0.516. The fourth-order valence-corrected chi connectivity index (χ4v) is 2.69. The summed E-state index contributed by atoms with van der Waals surface area (Å²) < 4.78 is 0. The third-order valence-electron chi connectivity index (χ3n) is 3.90. The van der Waals surface area contributed by atoms with Gasteiger partial charge >= 0.3 is 0 Å². The fourth-order valence-electron chi connectivity index (χ4n) is 2.69. The molecule has 3 heteroatoms. The van der Waals surface area contributed by atoms with E-state index in [1.165, 1.54) is 25.7 Å². The van der Waals surface area contributed by atoms with Crippen LogP contribution < -0.4 is 5.32 Å². The molecule has 1 fully saturated rings. The minimum Gasteiger partial charge on any atom is -0.373 e. The molecule has 1 aromatic rings. The van der Waals surface area contributed by atoms with Crippen LogP contribution in [0.5, 0.6) is 0 Å². The van der Waals surface area contributed by atoms with E-state index >= 15 is 0 Å². The maximum atomic E-state index is 4.70. The summed E-state index contributed by atoms with van der Waals surface area (Å²) in [6.07, 6.45) is 6.15. The van der Waals surface area contributed by atoms with Crippen LogP contribution >= 0.6 is 0 Å². The Morgan fingerprint density at radius 3 is 2.71 bits per heavy atom. The molecular formula is C14H23N3. The number of hydrogen-bond donors (Lipinski definition) is 1. The summed E-state index contributed by atoms with van der Waals surface area (Å²) in [6, 6.07) is 2.05. The number of anilines is 1. The lowest BCUT2D eigenvalue weighted by Crippen LogP contribution is -2.07. The quantitative estimate of drug-likeness (QED) is 0.866. The number of nitrogens with zero attached hydrogens (tertiary/aromatic N) is 2. The van der Waals surface area contributed by atoms with Gasteiger partial charge in [-0.15, -0.1) is 0 Å². The van der Waals surface area contributed by atoms with Gasteiger partial charge in [0.2, 0.25) is 0 Å². The first-order valence-electron chi connectivity index (χ1n) is 6.82. The molecule has 3 nitrogen and oxygen atoms in total. The average molecular weight is 233 g/mol. The third-order valence-corrected chi connectivity index (χ3v) is 3.90. The lowest BCUT2D eigenvalue weighted by Gasteiger charge is -2.12. The summed E-state index contributed by atoms with van der Waals surface area (Å²) in [4.78, 5) is 9.33. The summed E-state index contributed by atoms with van der Waals surface area (Å²) >= 11 is 0. The van der Waals surface area contributed by atoms with Crippen LogP contribution in [0, 0.1) is 5.92 Å². The van der Waals surface area contributed by atoms with Crippen molar-refractivity contribution in [3.8, 4) is 0 Å². The van der Waals surface area contributed by atoms with E-state index in [0.717, 1.165) is 29.7 Å². The van der Waals surface area contributed by atoms with Crippen molar-refractivity contribution < 1.29 is 0 Å². The maximum Gasteiger partial charge on any atom is 0.134 e. The summed E-state index contributed by atoms with van der Waals surface area (Å²) in [6.45, 7) is 4.43. The highest BCUT2D eigenvalue weighted by molar-refractivity contribution is 5.35. The molecule has 0 aliphatic heterocycles. The van der Waals surface area contributed by atoms with Gasteiger partial charge in [0.1, 0.15) is 11.6 Å². The highest BCUT2D eigenvalue weighted by Gasteiger charge is 2.27. The molecule has 0 spiro atoms. The van der Waals surface area contributed by atoms with E-state index < -0.39 is 0 Å². The van der Waals surface area contributed by atoms with Crippen molar-refractivity contribution in [1.29, 1.82) is 0 Å². The highest BCUT2D eigenvalue weighted by Crippen LogP contribution is 2.38. The van der Waals surface area contributed by atoms with E-state index in [1.807, 2.05) is 7.05 Å². The van der Waals surface area contributed by atoms with Crippen LogP contribution in [-0.2, 0) is 6.42 Å². The molecule has 1 heterocycles. The molecule has 1 N–H and O–H groups in total. The highest BCUT2D eigenvalue weighted by atomic mass is 15.0. The summed E-state index contributed by atoms with van der Waals surface area (Å²) in [7, 11) is 1.93. The van der Waals surface area contributed by atoms with E-state index in [9.17, 15) is 0 Å². The van der Waals surface area contributed by atoms with E-state index in [1.54, 1.807) is 0 Å². The van der Waals surface area contributed by atoms with Crippen LogP contribution in [0.25, 0.3) is 0 Å². The molecule has 1 saturated carbocycles. The first kappa shape index (κ1) is 12.3. The first-order chi connectivity index (χ1) is 8.26. The van der Waals surface area contributed by atoms with Gasteiger partial charge in [0.15, 0.2) is 0 Å². The Hall–Kier alpha value is -1.12. The molecule has 0 amide bonds. The molecule has 0 radical (unpaired) electrons. The first-order valence-corrected chi connectivity index (χ1v) is 6.82. The van der Waals surface area contributed by atoms with Crippen LogP contribution in [0.4, 0.5) is 5.82 Å². The molecule has 1 aromatic heterocycles. The zero-order valence-electron chi connectivity index (χ0n) is 11.2. The Balaban J connectivity index is 2.20. The summed E-state index contributed by atoms with van der Waals surface area (Å²) in [5.74, 6) is 3.49. The van der Waals surface area contributed by atoms with Gasteiger partial charge < -0.3 is 5.32 Å². The number of hydrogen-bond acceptors (Lipinski definition) is 3. The Bertz CT molecular complexity index is 353. The second-order valence-electron chi connectivity index (χ2n) is 4.99. The predicted molar refractivity (Wildman–Crippen MR) is 71.3 cm³/mol. The Morgan fingerprint density at radius 2 is 2.12 bits per heavy atom. The second-order valence-corrected chi connectivity index (χ2v) is 4.99. The normalized spacial score (nSPS) is 23.9.